The SMILES string of the molecule is CC12CCC(C(=O)N3CCc4ccccc4C3)(C1Br)C2(C)C. The van der Waals surface area contributed by atoms with Gasteiger partial charge in [-0.15, -0.1) is 0 Å². The number of halogens is 1. The highest BCUT2D eigenvalue weighted by Gasteiger charge is 2.80. The molecule has 3 fully saturated rings. The highest BCUT2D eigenvalue weighted by Crippen LogP contribution is 2.80. The number of benzene rings is 1. The smallest absolute Gasteiger partial charge is 0.230 e. The zero-order valence-electron chi connectivity index (χ0n) is 13.7. The van der Waals surface area contributed by atoms with Gasteiger partial charge in [0.25, 0.3) is 0 Å². The summed E-state index contributed by atoms with van der Waals surface area (Å²) < 4.78 is 0. The first kappa shape index (κ1) is 14.7. The van der Waals surface area contributed by atoms with E-state index in [1.54, 1.807) is 0 Å². The van der Waals surface area contributed by atoms with Crippen molar-refractivity contribution in [2.45, 2.75) is 51.4 Å². The summed E-state index contributed by atoms with van der Waals surface area (Å²) in [5.74, 6) is 0.379. The van der Waals surface area contributed by atoms with Gasteiger partial charge in [-0.2, -0.15) is 0 Å². The third kappa shape index (κ3) is 1.45. The Morgan fingerprint density at radius 2 is 1.86 bits per heavy atom. The van der Waals surface area contributed by atoms with Crippen molar-refractivity contribution < 1.29 is 4.79 Å². The summed E-state index contributed by atoms with van der Waals surface area (Å²) in [7, 11) is 0. The van der Waals surface area contributed by atoms with Crippen LogP contribution in [0.2, 0.25) is 0 Å². The second-order valence-corrected chi connectivity index (χ2v) is 9.04. The lowest BCUT2D eigenvalue weighted by Gasteiger charge is -2.65. The molecule has 5 rings (SSSR count). The van der Waals surface area contributed by atoms with Gasteiger partial charge in [-0.05, 0) is 41.2 Å². The van der Waals surface area contributed by atoms with Crippen LogP contribution >= 0.6 is 15.9 Å². The van der Waals surface area contributed by atoms with E-state index in [2.05, 4.69) is 65.9 Å². The Kier molecular flexibility index (Phi) is 2.93. The first-order valence-corrected chi connectivity index (χ1v) is 9.26. The molecule has 1 aromatic rings. The van der Waals surface area contributed by atoms with Crippen LogP contribution in [0.5, 0.6) is 0 Å². The van der Waals surface area contributed by atoms with Gasteiger partial charge in [0, 0.05) is 17.9 Å². The molecular formula is C19H24BrNO. The van der Waals surface area contributed by atoms with Crippen LogP contribution < -0.4 is 0 Å². The van der Waals surface area contributed by atoms with Crippen molar-refractivity contribution >= 4 is 21.8 Å². The molecule has 22 heavy (non-hydrogen) atoms. The number of nitrogens with zero attached hydrogens (tertiary/aromatic N) is 1. The highest BCUT2D eigenvalue weighted by atomic mass is 79.9. The fraction of sp³-hybridized carbons (Fsp3) is 0.632. The minimum atomic E-state index is -0.200. The minimum absolute atomic E-state index is 0.0855. The molecule has 3 heteroatoms. The molecule has 1 aromatic carbocycles. The van der Waals surface area contributed by atoms with Crippen molar-refractivity contribution in [3.63, 3.8) is 0 Å². The summed E-state index contributed by atoms with van der Waals surface area (Å²) in [6.07, 6.45) is 3.18. The zero-order chi connectivity index (χ0) is 15.8. The van der Waals surface area contributed by atoms with Crippen LogP contribution in [0.15, 0.2) is 24.3 Å². The van der Waals surface area contributed by atoms with Crippen molar-refractivity contribution in [2.24, 2.45) is 16.2 Å². The van der Waals surface area contributed by atoms with Crippen LogP contribution in [0.25, 0.3) is 0 Å². The van der Waals surface area contributed by atoms with E-state index in [4.69, 9.17) is 0 Å². The van der Waals surface area contributed by atoms with E-state index in [0.717, 1.165) is 32.4 Å². The first-order valence-electron chi connectivity index (χ1n) is 8.35. The monoisotopic (exact) mass is 361 g/mol. The summed E-state index contributed by atoms with van der Waals surface area (Å²) in [6, 6.07) is 8.55. The fourth-order valence-electron chi connectivity index (χ4n) is 5.38. The average Bonchev–Trinajstić information content (AvgIpc) is 2.93. The number of fused-ring (bicyclic) bond motifs is 2. The maximum atomic E-state index is 13.4. The summed E-state index contributed by atoms with van der Waals surface area (Å²) in [5.41, 5.74) is 2.87. The topological polar surface area (TPSA) is 20.3 Å². The van der Waals surface area contributed by atoms with Crippen molar-refractivity contribution in [1.29, 1.82) is 0 Å². The molecule has 1 heterocycles. The van der Waals surface area contributed by atoms with E-state index in [-0.39, 0.29) is 16.2 Å². The molecular weight excluding hydrogens is 338 g/mol. The second-order valence-electron chi connectivity index (χ2n) is 8.12. The summed E-state index contributed by atoms with van der Waals surface area (Å²) in [6.45, 7) is 8.59. The van der Waals surface area contributed by atoms with Crippen LogP contribution in [-0.4, -0.2) is 22.2 Å². The van der Waals surface area contributed by atoms with E-state index in [1.807, 2.05) is 0 Å². The molecule has 0 radical (unpaired) electrons. The molecule has 3 atom stereocenters. The van der Waals surface area contributed by atoms with Crippen LogP contribution in [0.3, 0.4) is 0 Å². The molecule has 4 aliphatic rings. The van der Waals surface area contributed by atoms with E-state index in [1.165, 1.54) is 11.1 Å². The normalized spacial score (nSPS) is 38.4. The van der Waals surface area contributed by atoms with Crippen molar-refractivity contribution in [3.05, 3.63) is 35.4 Å². The number of carbonyl (C=O) groups excluding carboxylic acids is 1. The van der Waals surface area contributed by atoms with Crippen LogP contribution in [0.1, 0.15) is 44.7 Å². The average molecular weight is 362 g/mol. The van der Waals surface area contributed by atoms with E-state index in [0.29, 0.717) is 10.7 Å². The maximum Gasteiger partial charge on any atom is 0.230 e. The third-order valence-corrected chi connectivity index (χ3v) is 9.17. The Balaban J connectivity index is 1.64. The molecule has 3 unspecified atom stereocenters. The van der Waals surface area contributed by atoms with Gasteiger partial charge in [0.2, 0.25) is 5.91 Å². The molecule has 2 bridgehead atoms. The van der Waals surface area contributed by atoms with E-state index >= 15 is 0 Å². The zero-order valence-corrected chi connectivity index (χ0v) is 15.2. The Labute approximate surface area is 141 Å². The molecule has 0 saturated heterocycles. The minimum Gasteiger partial charge on any atom is -0.337 e. The summed E-state index contributed by atoms with van der Waals surface area (Å²) >= 11 is 3.89. The van der Waals surface area contributed by atoms with Crippen LogP contribution in [-0.2, 0) is 17.8 Å². The number of carbonyl (C=O) groups is 1. The van der Waals surface area contributed by atoms with Crippen LogP contribution in [0, 0.1) is 16.2 Å². The molecule has 0 N–H and O–H groups in total. The van der Waals surface area contributed by atoms with Gasteiger partial charge in [-0.3, -0.25) is 4.79 Å². The van der Waals surface area contributed by atoms with Crippen molar-refractivity contribution in [2.75, 3.05) is 6.54 Å². The lowest BCUT2D eigenvalue weighted by Crippen LogP contribution is -2.69. The highest BCUT2D eigenvalue weighted by molar-refractivity contribution is 9.09. The molecule has 1 aliphatic heterocycles. The number of alkyl halides is 1. The summed E-state index contributed by atoms with van der Waals surface area (Å²) in [5, 5.41) is 0. The molecule has 1 amide bonds. The number of hydrogen-bond acceptors (Lipinski definition) is 1. The predicted octanol–water partition coefficient (Wildman–Crippen LogP) is 4.16. The Morgan fingerprint density at radius 1 is 1.18 bits per heavy atom. The van der Waals surface area contributed by atoms with Crippen molar-refractivity contribution in [3.8, 4) is 0 Å². The Bertz CT molecular complexity index is 655. The van der Waals surface area contributed by atoms with Gasteiger partial charge in [-0.25, -0.2) is 0 Å². The maximum absolute atomic E-state index is 13.4. The van der Waals surface area contributed by atoms with Gasteiger partial charge < -0.3 is 4.90 Å². The van der Waals surface area contributed by atoms with Crippen molar-refractivity contribution in [1.82, 2.24) is 4.90 Å². The summed E-state index contributed by atoms with van der Waals surface area (Å²) in [4.78, 5) is 15.9. The largest absolute Gasteiger partial charge is 0.337 e. The quantitative estimate of drug-likeness (QED) is 0.687. The number of amides is 1. The van der Waals surface area contributed by atoms with Gasteiger partial charge in [0.15, 0.2) is 0 Å². The van der Waals surface area contributed by atoms with E-state index < -0.39 is 0 Å². The second kappa shape index (κ2) is 4.37. The van der Waals surface area contributed by atoms with Gasteiger partial charge in [-0.1, -0.05) is 61.0 Å². The molecule has 3 saturated carbocycles. The molecule has 2 nitrogen and oxygen atoms in total. The van der Waals surface area contributed by atoms with E-state index in [9.17, 15) is 4.79 Å². The third-order valence-electron chi connectivity index (χ3n) is 7.37. The van der Waals surface area contributed by atoms with Gasteiger partial charge in [0.1, 0.15) is 0 Å². The lowest BCUT2D eigenvalue weighted by atomic mass is 9.43. The predicted molar refractivity (Wildman–Crippen MR) is 91.8 cm³/mol. The number of hydrogen-bond donors (Lipinski definition) is 0. The van der Waals surface area contributed by atoms with Gasteiger partial charge >= 0.3 is 0 Å². The Hall–Kier alpha value is -0.830. The molecule has 0 aromatic heterocycles. The standard InChI is InChI=1S/C19H24BrNO/c1-17(2)18(3)9-10-19(17,15(18)20)16(22)21-11-8-13-6-4-5-7-14(13)12-21/h4-7,15H,8-12H2,1-3H3. The Morgan fingerprint density at radius 3 is 2.45 bits per heavy atom. The molecule has 118 valence electrons. The number of rotatable bonds is 1. The molecule has 0 spiro atoms. The fourth-order valence-corrected chi connectivity index (χ4v) is 7.18. The lowest BCUT2D eigenvalue weighted by molar-refractivity contribution is -0.173. The first-order chi connectivity index (χ1) is 10.3. The van der Waals surface area contributed by atoms with Crippen LogP contribution in [0.4, 0.5) is 0 Å². The molecule has 3 aliphatic carbocycles. The van der Waals surface area contributed by atoms with Gasteiger partial charge in [0.05, 0.1) is 5.41 Å².